The number of piperazine rings is 1. The average Bonchev–Trinajstić information content (AvgIpc) is 3.32. The van der Waals surface area contributed by atoms with Crippen LogP contribution in [0.1, 0.15) is 21.5 Å². The van der Waals surface area contributed by atoms with Crippen molar-refractivity contribution in [1.82, 2.24) is 0 Å². The molecule has 2 heterocycles. The van der Waals surface area contributed by atoms with E-state index in [4.69, 9.17) is 0 Å². The first-order valence-electron chi connectivity index (χ1n) is 10.3. The number of thiophene rings is 1. The van der Waals surface area contributed by atoms with Gasteiger partial charge in [-0.2, -0.15) is 0 Å². The molecule has 0 saturated carbocycles. The summed E-state index contributed by atoms with van der Waals surface area (Å²) in [6.07, 6.45) is 0. The molecule has 4 rings (SSSR count). The smallest absolute Gasteiger partial charge is 0.337 e. The van der Waals surface area contributed by atoms with E-state index in [2.05, 4.69) is 41.7 Å². The van der Waals surface area contributed by atoms with E-state index in [-0.39, 0.29) is 15.5 Å². The van der Waals surface area contributed by atoms with Crippen molar-refractivity contribution >= 4 is 44.4 Å². The van der Waals surface area contributed by atoms with E-state index in [1.54, 1.807) is 23.6 Å². The molecular formula is C23H25N3O4S2. The Balaban J connectivity index is 1.53. The molecule has 9 heteroatoms. The van der Waals surface area contributed by atoms with E-state index in [9.17, 15) is 18.3 Å². The zero-order chi connectivity index (χ0) is 22.9. The van der Waals surface area contributed by atoms with Crippen LogP contribution in [0.25, 0.3) is 0 Å². The number of hydrogen-bond donors (Lipinski definition) is 2. The molecule has 0 spiro atoms. The van der Waals surface area contributed by atoms with Crippen LogP contribution in [0.2, 0.25) is 0 Å². The van der Waals surface area contributed by atoms with Gasteiger partial charge in [0.1, 0.15) is 4.21 Å². The van der Waals surface area contributed by atoms with Crippen LogP contribution in [0.15, 0.2) is 58.1 Å². The zero-order valence-electron chi connectivity index (χ0n) is 17.9. The molecule has 7 nitrogen and oxygen atoms in total. The molecule has 1 aliphatic heterocycles. The van der Waals surface area contributed by atoms with Crippen molar-refractivity contribution in [3.8, 4) is 0 Å². The molecule has 1 aliphatic rings. The molecule has 0 radical (unpaired) electrons. The van der Waals surface area contributed by atoms with Crippen LogP contribution < -0.4 is 14.5 Å². The Morgan fingerprint density at radius 1 is 0.969 bits per heavy atom. The van der Waals surface area contributed by atoms with E-state index in [1.165, 1.54) is 28.9 Å². The minimum atomic E-state index is -3.74. The maximum absolute atomic E-state index is 12.5. The summed E-state index contributed by atoms with van der Waals surface area (Å²) in [4.78, 5) is 16.3. The quantitative estimate of drug-likeness (QED) is 0.560. The third kappa shape index (κ3) is 4.44. The lowest BCUT2D eigenvalue weighted by molar-refractivity contribution is 0.0697. The van der Waals surface area contributed by atoms with Crippen molar-refractivity contribution in [2.75, 3.05) is 40.7 Å². The Bertz CT molecular complexity index is 1230. The number of aryl methyl sites for hydroxylation is 1. The SMILES string of the molecule is Cc1cccc(N2CCN(c3ccc(NS(=O)(=O)c4cccs4)cc3C(=O)O)CC2)c1C. The summed E-state index contributed by atoms with van der Waals surface area (Å²) in [5, 5.41) is 11.5. The first kappa shape index (κ1) is 22.2. The molecule has 32 heavy (non-hydrogen) atoms. The van der Waals surface area contributed by atoms with Gasteiger partial charge in [0, 0.05) is 37.6 Å². The van der Waals surface area contributed by atoms with Crippen molar-refractivity contribution in [3.63, 3.8) is 0 Å². The summed E-state index contributed by atoms with van der Waals surface area (Å²) in [5.41, 5.74) is 4.62. The Morgan fingerprint density at radius 3 is 2.28 bits per heavy atom. The third-order valence-electron chi connectivity index (χ3n) is 5.78. The molecule has 0 unspecified atom stereocenters. The number of carboxylic acid groups (broad SMARTS) is 1. The number of carbonyl (C=O) groups is 1. The monoisotopic (exact) mass is 471 g/mol. The van der Waals surface area contributed by atoms with Gasteiger partial charge in [-0.15, -0.1) is 11.3 Å². The number of nitrogens with zero attached hydrogens (tertiary/aromatic N) is 2. The topological polar surface area (TPSA) is 90.0 Å². The summed E-state index contributed by atoms with van der Waals surface area (Å²) < 4.78 is 27.6. The van der Waals surface area contributed by atoms with Gasteiger partial charge in [-0.3, -0.25) is 4.72 Å². The number of hydrogen-bond acceptors (Lipinski definition) is 6. The molecule has 2 N–H and O–H groups in total. The molecule has 0 amide bonds. The lowest BCUT2D eigenvalue weighted by Gasteiger charge is -2.38. The molecule has 0 aliphatic carbocycles. The summed E-state index contributed by atoms with van der Waals surface area (Å²) in [5.74, 6) is -1.09. The minimum absolute atomic E-state index is 0.0802. The summed E-state index contributed by atoms with van der Waals surface area (Å²) in [7, 11) is -3.74. The minimum Gasteiger partial charge on any atom is -0.478 e. The number of aromatic carboxylic acids is 1. The average molecular weight is 472 g/mol. The number of carboxylic acids is 1. The predicted octanol–water partition coefficient (Wildman–Crippen LogP) is 4.19. The molecular weight excluding hydrogens is 446 g/mol. The van der Waals surface area contributed by atoms with E-state index in [0.717, 1.165) is 24.4 Å². The highest BCUT2D eigenvalue weighted by atomic mass is 32.2. The molecule has 1 fully saturated rings. The molecule has 1 aromatic heterocycles. The van der Waals surface area contributed by atoms with Crippen molar-refractivity contribution in [2.45, 2.75) is 18.1 Å². The van der Waals surface area contributed by atoms with E-state index in [1.807, 2.05) is 4.90 Å². The second kappa shape index (κ2) is 8.84. The molecule has 3 aromatic rings. The van der Waals surface area contributed by atoms with Gasteiger partial charge in [-0.25, -0.2) is 13.2 Å². The molecule has 168 valence electrons. The predicted molar refractivity (Wildman–Crippen MR) is 129 cm³/mol. The lowest BCUT2D eigenvalue weighted by atomic mass is 10.1. The van der Waals surface area contributed by atoms with Crippen LogP contribution in [-0.2, 0) is 10.0 Å². The van der Waals surface area contributed by atoms with Crippen LogP contribution >= 0.6 is 11.3 Å². The molecule has 0 bridgehead atoms. The van der Waals surface area contributed by atoms with Crippen LogP contribution in [0.3, 0.4) is 0 Å². The molecule has 0 atom stereocenters. The normalized spacial score (nSPS) is 14.4. The first-order chi connectivity index (χ1) is 15.3. The largest absolute Gasteiger partial charge is 0.478 e. The van der Waals surface area contributed by atoms with Gasteiger partial charge in [0.25, 0.3) is 10.0 Å². The van der Waals surface area contributed by atoms with Gasteiger partial charge in [0.2, 0.25) is 0 Å². The molecule has 2 aromatic carbocycles. The van der Waals surface area contributed by atoms with Crippen LogP contribution in [0.5, 0.6) is 0 Å². The highest BCUT2D eigenvalue weighted by Crippen LogP contribution is 2.30. The van der Waals surface area contributed by atoms with Gasteiger partial charge in [-0.1, -0.05) is 18.2 Å². The van der Waals surface area contributed by atoms with Crippen molar-refractivity contribution in [2.24, 2.45) is 0 Å². The number of benzene rings is 2. The maximum atomic E-state index is 12.5. The number of anilines is 3. The van der Waals surface area contributed by atoms with E-state index in [0.29, 0.717) is 18.8 Å². The van der Waals surface area contributed by atoms with Gasteiger partial charge in [0.15, 0.2) is 0 Å². The van der Waals surface area contributed by atoms with E-state index >= 15 is 0 Å². The Hall–Kier alpha value is -3.04. The van der Waals surface area contributed by atoms with Crippen molar-refractivity contribution in [1.29, 1.82) is 0 Å². The Kier molecular flexibility index (Phi) is 6.12. The van der Waals surface area contributed by atoms with Crippen LogP contribution in [0, 0.1) is 13.8 Å². The number of sulfonamides is 1. The highest BCUT2D eigenvalue weighted by molar-refractivity contribution is 7.94. The fourth-order valence-electron chi connectivity index (χ4n) is 3.93. The molecule has 1 saturated heterocycles. The summed E-state index contributed by atoms with van der Waals surface area (Å²) in [6, 6.07) is 14.1. The van der Waals surface area contributed by atoms with Gasteiger partial charge >= 0.3 is 5.97 Å². The summed E-state index contributed by atoms with van der Waals surface area (Å²) >= 11 is 1.11. The van der Waals surface area contributed by atoms with Gasteiger partial charge in [0.05, 0.1) is 11.3 Å². The Labute approximate surface area is 192 Å². The van der Waals surface area contributed by atoms with E-state index < -0.39 is 16.0 Å². The first-order valence-corrected chi connectivity index (χ1v) is 12.6. The van der Waals surface area contributed by atoms with Crippen molar-refractivity contribution < 1.29 is 18.3 Å². The third-order valence-corrected chi connectivity index (χ3v) is 8.55. The highest BCUT2D eigenvalue weighted by Gasteiger charge is 2.24. The second-order valence-corrected chi connectivity index (χ2v) is 10.6. The standard InChI is InChI=1S/C23H25N3O4S2/c1-16-5-3-6-20(17(16)2)25-10-12-26(13-11-25)21-9-8-18(15-19(21)23(27)28)24-32(29,30)22-7-4-14-31-22/h3-9,14-15,24H,10-13H2,1-2H3,(H,27,28). The number of rotatable bonds is 6. The number of nitrogens with one attached hydrogen (secondary N) is 1. The summed E-state index contributed by atoms with van der Waals surface area (Å²) in [6.45, 7) is 7.12. The Morgan fingerprint density at radius 2 is 1.66 bits per heavy atom. The maximum Gasteiger partial charge on any atom is 0.337 e. The fraction of sp³-hybridized carbons (Fsp3) is 0.261. The van der Waals surface area contributed by atoms with Gasteiger partial charge in [-0.05, 0) is 60.7 Å². The van der Waals surface area contributed by atoms with Crippen LogP contribution in [-0.4, -0.2) is 45.7 Å². The van der Waals surface area contributed by atoms with Gasteiger partial charge < -0.3 is 14.9 Å². The fourth-order valence-corrected chi connectivity index (χ4v) is 5.98. The zero-order valence-corrected chi connectivity index (χ0v) is 19.5. The van der Waals surface area contributed by atoms with Crippen LogP contribution in [0.4, 0.5) is 17.1 Å². The second-order valence-electron chi connectivity index (χ2n) is 7.77. The lowest BCUT2D eigenvalue weighted by Crippen LogP contribution is -2.47. The van der Waals surface area contributed by atoms with Crippen molar-refractivity contribution in [3.05, 3.63) is 70.6 Å².